The van der Waals surface area contributed by atoms with Gasteiger partial charge in [-0.15, -0.1) is 12.4 Å². The summed E-state index contributed by atoms with van der Waals surface area (Å²) in [6.07, 6.45) is 3.41. The number of carbonyl (C=O) groups excluding carboxylic acids is 1. The molecule has 0 aromatic heterocycles. The highest BCUT2D eigenvalue weighted by atomic mass is 35.5. The second-order valence-corrected chi connectivity index (χ2v) is 6.25. The van der Waals surface area contributed by atoms with E-state index in [9.17, 15) is 4.79 Å². The van der Waals surface area contributed by atoms with Crippen LogP contribution in [0.1, 0.15) is 43.9 Å². The van der Waals surface area contributed by atoms with Crippen LogP contribution in [0, 0.1) is 0 Å². The van der Waals surface area contributed by atoms with Gasteiger partial charge in [0.05, 0.1) is 12.6 Å². The van der Waals surface area contributed by atoms with E-state index in [1.165, 1.54) is 12.0 Å². The minimum absolute atomic E-state index is 0. The number of hydrogen-bond donors (Lipinski definition) is 2. The van der Waals surface area contributed by atoms with Crippen LogP contribution in [0.15, 0.2) is 24.3 Å². The number of likely N-dealkylation sites (tertiary alicyclic amines) is 1. The highest BCUT2D eigenvalue weighted by Gasteiger charge is 2.20. The molecule has 0 saturated carbocycles. The third-order valence-corrected chi connectivity index (χ3v) is 4.55. The molecule has 1 amide bonds. The number of likely N-dealkylation sites (N-methyl/N-ethyl adjacent to an activating group) is 1. The monoisotopic (exact) mass is 339 g/mol. The van der Waals surface area contributed by atoms with Crippen molar-refractivity contribution in [3.63, 3.8) is 0 Å². The van der Waals surface area contributed by atoms with E-state index in [0.29, 0.717) is 12.6 Å². The van der Waals surface area contributed by atoms with Crippen molar-refractivity contribution in [3.8, 4) is 0 Å². The Labute approximate surface area is 146 Å². The molecule has 23 heavy (non-hydrogen) atoms. The highest BCUT2D eigenvalue weighted by Crippen LogP contribution is 2.14. The van der Waals surface area contributed by atoms with E-state index < -0.39 is 0 Å². The van der Waals surface area contributed by atoms with Crippen LogP contribution in [0.4, 0.5) is 0 Å². The minimum Gasteiger partial charge on any atom is -0.348 e. The topological polar surface area (TPSA) is 44.4 Å². The zero-order chi connectivity index (χ0) is 15.9. The molecule has 5 heteroatoms. The maximum absolute atomic E-state index is 12.2. The average Bonchev–Trinajstić information content (AvgIpc) is 2.55. The maximum atomic E-state index is 12.2. The Morgan fingerprint density at radius 1 is 1.35 bits per heavy atom. The van der Waals surface area contributed by atoms with E-state index in [-0.39, 0.29) is 24.4 Å². The van der Waals surface area contributed by atoms with Crippen LogP contribution >= 0.6 is 12.4 Å². The molecule has 0 radical (unpaired) electrons. The Balaban J connectivity index is 0.00000264. The lowest BCUT2D eigenvalue weighted by Crippen LogP contribution is -2.48. The first-order chi connectivity index (χ1) is 10.6. The van der Waals surface area contributed by atoms with E-state index in [1.54, 1.807) is 0 Å². The van der Waals surface area contributed by atoms with Gasteiger partial charge >= 0.3 is 0 Å². The molecule has 2 rings (SSSR count). The van der Waals surface area contributed by atoms with Crippen LogP contribution in [0.2, 0.25) is 0 Å². The molecule has 0 spiro atoms. The van der Waals surface area contributed by atoms with Crippen LogP contribution < -0.4 is 10.6 Å². The number of carbonyl (C=O) groups is 1. The van der Waals surface area contributed by atoms with Crippen LogP contribution in [-0.2, 0) is 11.2 Å². The summed E-state index contributed by atoms with van der Waals surface area (Å²) in [6.45, 7) is 6.67. The number of amides is 1. The molecule has 2 unspecified atom stereocenters. The molecule has 1 aliphatic heterocycles. The number of benzene rings is 1. The van der Waals surface area contributed by atoms with Gasteiger partial charge in [0.1, 0.15) is 0 Å². The number of nitrogens with zero attached hydrogens (tertiary/aromatic N) is 1. The molecule has 1 aromatic carbocycles. The van der Waals surface area contributed by atoms with Gasteiger partial charge in [0.25, 0.3) is 0 Å². The van der Waals surface area contributed by atoms with Crippen molar-refractivity contribution < 1.29 is 4.79 Å². The van der Waals surface area contributed by atoms with Crippen molar-refractivity contribution in [1.82, 2.24) is 15.5 Å². The molecule has 0 aliphatic carbocycles. The van der Waals surface area contributed by atoms with E-state index >= 15 is 0 Å². The maximum Gasteiger partial charge on any atom is 0.234 e. The van der Waals surface area contributed by atoms with E-state index in [1.807, 2.05) is 14.0 Å². The second-order valence-electron chi connectivity index (χ2n) is 6.25. The number of piperidine rings is 1. The second kappa shape index (κ2) is 9.91. The molecule has 1 aromatic rings. The fraction of sp³-hybridized carbons (Fsp3) is 0.611. The standard InChI is InChI=1S/C18H29N3O.ClH/c1-4-15-7-9-16(10-8-15)14(2)20-18(22)13-21-11-5-6-17(12-21)19-3;/h7-10,14,17,19H,4-6,11-13H2,1-3H3,(H,20,22);1H. The normalized spacial score (nSPS) is 19.7. The number of rotatable bonds is 6. The largest absolute Gasteiger partial charge is 0.348 e. The van der Waals surface area contributed by atoms with Gasteiger partial charge in [0.15, 0.2) is 0 Å². The van der Waals surface area contributed by atoms with Gasteiger partial charge in [-0.25, -0.2) is 0 Å². The summed E-state index contributed by atoms with van der Waals surface area (Å²) in [5, 5.41) is 6.42. The summed E-state index contributed by atoms with van der Waals surface area (Å²) in [5.74, 6) is 0.115. The Morgan fingerprint density at radius 3 is 2.65 bits per heavy atom. The van der Waals surface area contributed by atoms with Crippen LogP contribution in [0.5, 0.6) is 0 Å². The SMILES string of the molecule is CCc1ccc(C(C)NC(=O)CN2CCCC(NC)C2)cc1.Cl. The van der Waals surface area contributed by atoms with E-state index in [4.69, 9.17) is 0 Å². The number of hydrogen-bond acceptors (Lipinski definition) is 3. The van der Waals surface area contributed by atoms with Crippen LogP contribution in [-0.4, -0.2) is 43.5 Å². The van der Waals surface area contributed by atoms with Gasteiger partial charge in [0.2, 0.25) is 5.91 Å². The number of aryl methyl sites for hydroxylation is 1. The Hall–Kier alpha value is -1.10. The summed E-state index contributed by atoms with van der Waals surface area (Å²) < 4.78 is 0. The zero-order valence-electron chi connectivity index (χ0n) is 14.5. The predicted octanol–water partition coefficient (Wildman–Crippen LogP) is 2.53. The minimum atomic E-state index is 0. The Bertz CT molecular complexity index is 478. The Morgan fingerprint density at radius 2 is 2.04 bits per heavy atom. The molecule has 0 bridgehead atoms. The average molecular weight is 340 g/mol. The summed E-state index contributed by atoms with van der Waals surface area (Å²) in [6, 6.07) is 9.08. The smallest absolute Gasteiger partial charge is 0.234 e. The fourth-order valence-corrected chi connectivity index (χ4v) is 3.05. The molecular weight excluding hydrogens is 310 g/mol. The lowest BCUT2D eigenvalue weighted by atomic mass is 10.0. The third-order valence-electron chi connectivity index (χ3n) is 4.55. The van der Waals surface area contributed by atoms with E-state index in [0.717, 1.165) is 31.5 Å². The summed E-state index contributed by atoms with van der Waals surface area (Å²) in [7, 11) is 2.00. The van der Waals surface area contributed by atoms with Gasteiger partial charge in [0, 0.05) is 12.6 Å². The van der Waals surface area contributed by atoms with Crippen molar-refractivity contribution in [2.24, 2.45) is 0 Å². The molecule has 1 fully saturated rings. The van der Waals surface area contributed by atoms with Gasteiger partial charge in [-0.1, -0.05) is 31.2 Å². The molecule has 1 saturated heterocycles. The Kier molecular flexibility index (Phi) is 8.59. The lowest BCUT2D eigenvalue weighted by Gasteiger charge is -2.32. The number of halogens is 1. The molecule has 2 N–H and O–H groups in total. The molecule has 130 valence electrons. The first-order valence-electron chi connectivity index (χ1n) is 8.40. The van der Waals surface area contributed by atoms with Crippen molar-refractivity contribution in [2.75, 3.05) is 26.7 Å². The lowest BCUT2D eigenvalue weighted by molar-refractivity contribution is -0.123. The number of nitrogens with one attached hydrogen (secondary N) is 2. The molecule has 4 nitrogen and oxygen atoms in total. The summed E-state index contributed by atoms with van der Waals surface area (Å²) in [5.41, 5.74) is 2.49. The fourth-order valence-electron chi connectivity index (χ4n) is 3.05. The van der Waals surface area contributed by atoms with Gasteiger partial charge in [-0.05, 0) is 50.9 Å². The van der Waals surface area contributed by atoms with E-state index in [2.05, 4.69) is 46.7 Å². The first kappa shape index (κ1) is 19.9. The quantitative estimate of drug-likeness (QED) is 0.837. The van der Waals surface area contributed by atoms with Gasteiger partial charge in [-0.2, -0.15) is 0 Å². The third kappa shape index (κ3) is 6.13. The van der Waals surface area contributed by atoms with Crippen molar-refractivity contribution >= 4 is 18.3 Å². The molecule has 2 atom stereocenters. The van der Waals surface area contributed by atoms with Crippen LogP contribution in [0.3, 0.4) is 0 Å². The van der Waals surface area contributed by atoms with Gasteiger partial charge < -0.3 is 10.6 Å². The predicted molar refractivity (Wildman–Crippen MR) is 98.1 cm³/mol. The van der Waals surface area contributed by atoms with Crippen LogP contribution in [0.25, 0.3) is 0 Å². The van der Waals surface area contributed by atoms with Crippen molar-refractivity contribution in [2.45, 2.75) is 45.2 Å². The van der Waals surface area contributed by atoms with Gasteiger partial charge in [-0.3, -0.25) is 9.69 Å². The molecular formula is C18H30ClN3O. The zero-order valence-corrected chi connectivity index (χ0v) is 15.3. The first-order valence-corrected chi connectivity index (χ1v) is 8.40. The molecule has 1 aliphatic rings. The highest BCUT2D eigenvalue weighted by molar-refractivity contribution is 5.85. The van der Waals surface area contributed by atoms with Crippen molar-refractivity contribution in [3.05, 3.63) is 35.4 Å². The summed E-state index contributed by atoms with van der Waals surface area (Å²) in [4.78, 5) is 14.5. The molecule has 1 heterocycles. The van der Waals surface area contributed by atoms with Crippen molar-refractivity contribution in [1.29, 1.82) is 0 Å². The summed E-state index contributed by atoms with van der Waals surface area (Å²) >= 11 is 0.